The van der Waals surface area contributed by atoms with Crippen molar-refractivity contribution in [2.24, 2.45) is 0 Å². The molecule has 126 valence electrons. The van der Waals surface area contributed by atoms with Gasteiger partial charge in [-0.15, -0.1) is 0 Å². The highest BCUT2D eigenvalue weighted by Crippen LogP contribution is 2.20. The summed E-state index contributed by atoms with van der Waals surface area (Å²) in [4.78, 5) is 27.8. The van der Waals surface area contributed by atoms with Crippen molar-refractivity contribution in [3.05, 3.63) is 64.9 Å². The Bertz CT molecular complexity index is 689. The Labute approximate surface area is 146 Å². The van der Waals surface area contributed by atoms with Gasteiger partial charge in [0.05, 0.1) is 18.5 Å². The van der Waals surface area contributed by atoms with E-state index in [1.165, 1.54) is 6.92 Å². The van der Waals surface area contributed by atoms with Gasteiger partial charge in [-0.3, -0.25) is 14.6 Å². The number of benzene rings is 1. The maximum absolute atomic E-state index is 12.4. The molecule has 1 aromatic carbocycles. The van der Waals surface area contributed by atoms with Crippen LogP contribution in [0.2, 0.25) is 5.02 Å². The lowest BCUT2D eigenvalue weighted by molar-refractivity contribution is -0.123. The van der Waals surface area contributed by atoms with Crippen LogP contribution in [0.4, 0.5) is 0 Å². The Balaban J connectivity index is 2.04. The number of halogens is 1. The van der Waals surface area contributed by atoms with Crippen molar-refractivity contribution in [2.45, 2.75) is 32.4 Å². The van der Waals surface area contributed by atoms with Crippen molar-refractivity contribution in [3.63, 3.8) is 0 Å². The molecule has 0 fully saturated rings. The fourth-order valence-corrected chi connectivity index (χ4v) is 2.54. The Hall–Kier alpha value is -2.40. The monoisotopic (exact) mass is 345 g/mol. The molecule has 0 saturated heterocycles. The van der Waals surface area contributed by atoms with Crippen LogP contribution in [0.15, 0.2) is 48.8 Å². The van der Waals surface area contributed by atoms with Crippen LogP contribution in [0.1, 0.15) is 43.5 Å². The second-order valence-corrected chi connectivity index (χ2v) is 6.01. The smallest absolute Gasteiger partial charge is 0.222 e. The number of amides is 2. The van der Waals surface area contributed by atoms with Crippen LogP contribution in [-0.2, 0) is 9.59 Å². The number of nitrogens with one attached hydrogen (secondary N) is 2. The normalized spacial score (nSPS) is 13.0. The molecular weight excluding hydrogens is 326 g/mol. The summed E-state index contributed by atoms with van der Waals surface area (Å²) in [5, 5.41) is 6.35. The molecule has 0 aliphatic rings. The molecule has 2 amide bonds. The molecule has 2 atom stereocenters. The fourth-order valence-electron chi connectivity index (χ4n) is 2.41. The molecule has 0 saturated carbocycles. The maximum Gasteiger partial charge on any atom is 0.222 e. The lowest BCUT2D eigenvalue weighted by Gasteiger charge is -2.20. The first kappa shape index (κ1) is 17.9. The number of hydrogen-bond acceptors (Lipinski definition) is 3. The summed E-state index contributed by atoms with van der Waals surface area (Å²) in [6.45, 7) is 3.34. The van der Waals surface area contributed by atoms with Gasteiger partial charge in [-0.05, 0) is 42.3 Å². The first-order valence-electron chi connectivity index (χ1n) is 7.67. The lowest BCUT2D eigenvalue weighted by Crippen LogP contribution is -2.33. The summed E-state index contributed by atoms with van der Waals surface area (Å²) in [6.07, 6.45) is 3.52. The van der Waals surface area contributed by atoms with Gasteiger partial charge in [0.2, 0.25) is 11.8 Å². The molecule has 0 aliphatic carbocycles. The Morgan fingerprint density at radius 3 is 2.25 bits per heavy atom. The Morgan fingerprint density at radius 1 is 1.04 bits per heavy atom. The first-order valence-corrected chi connectivity index (χ1v) is 8.05. The standard InChI is InChI=1S/C18H20ClN3O2/c1-12(14-7-9-20-10-8-14)21-18(24)11-17(22-13(2)23)15-3-5-16(19)6-4-15/h3-10,12,17H,11H2,1-2H3,(H,21,24)(H,22,23). The minimum Gasteiger partial charge on any atom is -0.350 e. The molecule has 2 aromatic rings. The van der Waals surface area contributed by atoms with E-state index in [4.69, 9.17) is 11.6 Å². The predicted molar refractivity (Wildman–Crippen MR) is 93.4 cm³/mol. The van der Waals surface area contributed by atoms with Crippen LogP contribution < -0.4 is 10.6 Å². The lowest BCUT2D eigenvalue weighted by atomic mass is 10.0. The number of carbonyl (C=O) groups is 2. The van der Waals surface area contributed by atoms with Gasteiger partial charge in [-0.2, -0.15) is 0 Å². The highest BCUT2D eigenvalue weighted by atomic mass is 35.5. The number of rotatable bonds is 6. The molecule has 2 rings (SSSR count). The highest BCUT2D eigenvalue weighted by Gasteiger charge is 2.18. The third-order valence-electron chi connectivity index (χ3n) is 3.62. The van der Waals surface area contributed by atoms with Crippen molar-refractivity contribution in [3.8, 4) is 0 Å². The molecule has 24 heavy (non-hydrogen) atoms. The Morgan fingerprint density at radius 2 is 1.67 bits per heavy atom. The van der Waals surface area contributed by atoms with Gasteiger partial charge in [0, 0.05) is 24.3 Å². The average molecular weight is 346 g/mol. The third kappa shape index (κ3) is 5.35. The van der Waals surface area contributed by atoms with Crippen molar-refractivity contribution in [2.75, 3.05) is 0 Å². The highest BCUT2D eigenvalue weighted by molar-refractivity contribution is 6.30. The van der Waals surface area contributed by atoms with E-state index >= 15 is 0 Å². The van der Waals surface area contributed by atoms with Gasteiger partial charge >= 0.3 is 0 Å². The van der Waals surface area contributed by atoms with Crippen molar-refractivity contribution >= 4 is 23.4 Å². The number of pyridine rings is 1. The molecule has 0 radical (unpaired) electrons. The van der Waals surface area contributed by atoms with Gasteiger partial charge in [0.25, 0.3) is 0 Å². The molecule has 2 unspecified atom stereocenters. The molecule has 1 aromatic heterocycles. The summed E-state index contributed by atoms with van der Waals surface area (Å²) >= 11 is 5.89. The molecule has 0 bridgehead atoms. The van der Waals surface area contributed by atoms with Crippen molar-refractivity contribution < 1.29 is 9.59 Å². The number of hydrogen-bond donors (Lipinski definition) is 2. The van der Waals surface area contributed by atoms with Crippen LogP contribution in [0.25, 0.3) is 0 Å². The van der Waals surface area contributed by atoms with E-state index in [1.54, 1.807) is 24.5 Å². The van der Waals surface area contributed by atoms with Crippen LogP contribution >= 0.6 is 11.6 Å². The van der Waals surface area contributed by atoms with Crippen LogP contribution in [0.5, 0.6) is 0 Å². The molecule has 6 heteroatoms. The molecule has 1 heterocycles. The maximum atomic E-state index is 12.4. The van der Waals surface area contributed by atoms with Gasteiger partial charge in [-0.1, -0.05) is 23.7 Å². The van der Waals surface area contributed by atoms with E-state index < -0.39 is 6.04 Å². The van der Waals surface area contributed by atoms with E-state index in [9.17, 15) is 9.59 Å². The summed E-state index contributed by atoms with van der Waals surface area (Å²) in [7, 11) is 0. The second kappa shape index (κ2) is 8.45. The van der Waals surface area contributed by atoms with Gasteiger partial charge in [0.15, 0.2) is 0 Å². The largest absolute Gasteiger partial charge is 0.350 e. The third-order valence-corrected chi connectivity index (χ3v) is 3.87. The minimum atomic E-state index is -0.399. The number of nitrogens with zero attached hydrogens (tertiary/aromatic N) is 1. The van der Waals surface area contributed by atoms with Gasteiger partial charge in [-0.25, -0.2) is 0 Å². The van der Waals surface area contributed by atoms with E-state index in [0.29, 0.717) is 5.02 Å². The summed E-state index contributed by atoms with van der Waals surface area (Å²) in [5.41, 5.74) is 1.81. The molecule has 2 N–H and O–H groups in total. The minimum absolute atomic E-state index is 0.135. The molecule has 0 aliphatic heterocycles. The summed E-state index contributed by atoms with van der Waals surface area (Å²) in [6, 6.07) is 10.3. The molecular formula is C18H20ClN3O2. The molecule has 0 spiro atoms. The van der Waals surface area contributed by atoms with E-state index in [0.717, 1.165) is 11.1 Å². The number of aromatic nitrogens is 1. The van der Waals surface area contributed by atoms with Crippen LogP contribution in [-0.4, -0.2) is 16.8 Å². The SMILES string of the molecule is CC(=O)NC(CC(=O)NC(C)c1ccncc1)c1ccc(Cl)cc1. The zero-order valence-electron chi connectivity index (χ0n) is 13.6. The zero-order valence-corrected chi connectivity index (χ0v) is 14.4. The summed E-state index contributed by atoms with van der Waals surface area (Å²) in [5.74, 6) is -0.335. The second-order valence-electron chi connectivity index (χ2n) is 5.58. The van der Waals surface area contributed by atoms with Crippen LogP contribution in [0, 0.1) is 0 Å². The van der Waals surface area contributed by atoms with Gasteiger partial charge < -0.3 is 10.6 Å². The van der Waals surface area contributed by atoms with Crippen molar-refractivity contribution in [1.82, 2.24) is 15.6 Å². The van der Waals surface area contributed by atoms with Crippen LogP contribution in [0.3, 0.4) is 0 Å². The van der Waals surface area contributed by atoms with Crippen molar-refractivity contribution in [1.29, 1.82) is 0 Å². The number of carbonyl (C=O) groups excluding carboxylic acids is 2. The predicted octanol–water partition coefficient (Wildman–Crippen LogP) is 3.18. The fraction of sp³-hybridized carbons (Fsp3) is 0.278. The van der Waals surface area contributed by atoms with Gasteiger partial charge in [0.1, 0.15) is 0 Å². The first-order chi connectivity index (χ1) is 11.5. The van der Waals surface area contributed by atoms with E-state index in [1.807, 2.05) is 31.2 Å². The average Bonchev–Trinajstić information content (AvgIpc) is 2.55. The zero-order chi connectivity index (χ0) is 17.5. The topological polar surface area (TPSA) is 71.1 Å². The molecule has 5 nitrogen and oxygen atoms in total. The Kier molecular flexibility index (Phi) is 6.32. The van der Waals surface area contributed by atoms with E-state index in [2.05, 4.69) is 15.6 Å². The summed E-state index contributed by atoms with van der Waals surface area (Å²) < 4.78 is 0. The quantitative estimate of drug-likeness (QED) is 0.844. The van der Waals surface area contributed by atoms with E-state index in [-0.39, 0.29) is 24.3 Å².